The van der Waals surface area contributed by atoms with E-state index >= 15 is 0 Å². The summed E-state index contributed by atoms with van der Waals surface area (Å²) in [6.07, 6.45) is 2.93. The molecule has 0 radical (unpaired) electrons. The van der Waals surface area contributed by atoms with Crippen molar-refractivity contribution in [2.24, 2.45) is 11.8 Å². The molecule has 1 unspecified atom stereocenters. The summed E-state index contributed by atoms with van der Waals surface area (Å²) in [4.78, 5) is 0. The Morgan fingerprint density at radius 2 is 1.94 bits per heavy atom. The first-order chi connectivity index (χ1) is 7.61. The van der Waals surface area contributed by atoms with E-state index in [1.54, 1.807) is 0 Å². The molecule has 0 aliphatic heterocycles. The average molecular weight is 291 g/mol. The zero-order valence-electron chi connectivity index (χ0n) is 8.64. The molecule has 0 heterocycles. The Morgan fingerprint density at radius 3 is 2.38 bits per heavy atom. The van der Waals surface area contributed by atoms with Crippen molar-refractivity contribution in [3.8, 4) is 0 Å². The van der Waals surface area contributed by atoms with Gasteiger partial charge in [-0.1, -0.05) is 28.8 Å². The van der Waals surface area contributed by atoms with E-state index in [2.05, 4.69) is 21.4 Å². The van der Waals surface area contributed by atoms with E-state index in [-0.39, 0.29) is 5.56 Å². The van der Waals surface area contributed by atoms with Crippen molar-refractivity contribution in [2.75, 3.05) is 0 Å². The molecule has 88 valence electrons. The lowest BCUT2D eigenvalue weighted by molar-refractivity contribution is 0.437. The molecule has 16 heavy (non-hydrogen) atoms. The van der Waals surface area contributed by atoms with Crippen LogP contribution >= 0.6 is 15.9 Å². The summed E-state index contributed by atoms with van der Waals surface area (Å²) in [6.45, 7) is 0. The number of nitrogens with one attached hydrogen (secondary N) is 1. The molecule has 0 bridgehead atoms. The van der Waals surface area contributed by atoms with Gasteiger partial charge < -0.3 is 0 Å². The second-order valence-electron chi connectivity index (χ2n) is 4.18. The minimum absolute atomic E-state index is 0.0394. The lowest BCUT2D eigenvalue weighted by Crippen LogP contribution is -2.30. The molecule has 1 aliphatic rings. The average Bonchev–Trinajstić information content (AvgIpc) is 2.98. The smallest absolute Gasteiger partial charge is 0.132 e. The van der Waals surface area contributed by atoms with E-state index in [1.165, 1.54) is 12.1 Å². The van der Waals surface area contributed by atoms with Gasteiger partial charge in [-0.3, -0.25) is 11.3 Å². The number of nitrogens with two attached hydrogens (primary N) is 1. The highest BCUT2D eigenvalue weighted by molar-refractivity contribution is 9.10. The quantitative estimate of drug-likeness (QED) is 0.661. The fourth-order valence-electron chi connectivity index (χ4n) is 1.84. The Hall–Kier alpha value is -0.520. The summed E-state index contributed by atoms with van der Waals surface area (Å²) in [5, 5.41) is 0. The highest BCUT2D eigenvalue weighted by atomic mass is 79.9. The molecule has 1 fully saturated rings. The lowest BCUT2D eigenvalue weighted by atomic mass is 10.0. The number of rotatable bonds is 4. The molecule has 1 aliphatic carbocycles. The first-order valence-corrected chi connectivity index (χ1v) is 6.01. The summed E-state index contributed by atoms with van der Waals surface area (Å²) in [6, 6.07) is 2.08. The molecular weight excluding hydrogens is 278 g/mol. The summed E-state index contributed by atoms with van der Waals surface area (Å²) in [7, 11) is 0. The van der Waals surface area contributed by atoms with Gasteiger partial charge in [-0.25, -0.2) is 8.78 Å². The van der Waals surface area contributed by atoms with Gasteiger partial charge in [-0.05, 0) is 24.5 Å². The van der Waals surface area contributed by atoms with Gasteiger partial charge in [0.05, 0.1) is 6.04 Å². The van der Waals surface area contributed by atoms with Crippen LogP contribution in [0.25, 0.3) is 0 Å². The molecule has 0 saturated heterocycles. The van der Waals surface area contributed by atoms with Crippen molar-refractivity contribution >= 4 is 15.9 Å². The minimum Gasteiger partial charge on any atom is -0.271 e. The second-order valence-corrected chi connectivity index (χ2v) is 5.10. The highest BCUT2D eigenvalue weighted by Crippen LogP contribution is 2.38. The molecule has 3 N–H and O–H groups in total. The fraction of sp³-hybridized carbons (Fsp3) is 0.455. The number of hydrogen-bond acceptors (Lipinski definition) is 2. The first-order valence-electron chi connectivity index (χ1n) is 5.22. The van der Waals surface area contributed by atoms with Crippen molar-refractivity contribution < 1.29 is 8.78 Å². The molecule has 2 rings (SSSR count). The van der Waals surface area contributed by atoms with Gasteiger partial charge in [0.1, 0.15) is 11.6 Å². The molecule has 1 aromatic rings. The summed E-state index contributed by atoms with van der Waals surface area (Å²) in [5.41, 5.74) is 2.53. The Morgan fingerprint density at radius 1 is 1.38 bits per heavy atom. The van der Waals surface area contributed by atoms with Crippen LogP contribution in [0.15, 0.2) is 16.6 Å². The van der Waals surface area contributed by atoms with Crippen LogP contribution in [0.3, 0.4) is 0 Å². The van der Waals surface area contributed by atoms with Gasteiger partial charge in [0.2, 0.25) is 0 Å². The molecular formula is C11H13BrF2N2. The van der Waals surface area contributed by atoms with Gasteiger partial charge in [0.15, 0.2) is 0 Å². The van der Waals surface area contributed by atoms with E-state index in [1.807, 2.05) is 0 Å². The van der Waals surface area contributed by atoms with Crippen LogP contribution in [0.4, 0.5) is 8.78 Å². The van der Waals surface area contributed by atoms with Crippen molar-refractivity contribution in [1.82, 2.24) is 5.43 Å². The number of halogens is 3. The third-order valence-electron chi connectivity index (χ3n) is 2.86. The number of benzene rings is 1. The lowest BCUT2D eigenvalue weighted by Gasteiger charge is -2.17. The van der Waals surface area contributed by atoms with Crippen LogP contribution in [-0.2, 0) is 0 Å². The predicted molar refractivity (Wildman–Crippen MR) is 61.5 cm³/mol. The normalized spacial score (nSPS) is 17.5. The second kappa shape index (κ2) is 4.77. The van der Waals surface area contributed by atoms with Crippen molar-refractivity contribution in [3.05, 3.63) is 33.8 Å². The third-order valence-corrected chi connectivity index (χ3v) is 3.32. The van der Waals surface area contributed by atoms with Gasteiger partial charge >= 0.3 is 0 Å². The molecule has 5 heteroatoms. The number of hydrogen-bond donors (Lipinski definition) is 2. The molecule has 1 atom stereocenters. The Bertz CT molecular complexity index is 371. The fourth-order valence-corrected chi connectivity index (χ4v) is 2.24. The summed E-state index contributed by atoms with van der Waals surface area (Å²) < 4.78 is 27.7. The van der Waals surface area contributed by atoms with Gasteiger partial charge in [-0.15, -0.1) is 0 Å². The van der Waals surface area contributed by atoms with E-state index in [0.29, 0.717) is 16.8 Å². The van der Waals surface area contributed by atoms with Crippen LogP contribution in [-0.4, -0.2) is 0 Å². The Labute approximate surface area is 101 Å². The zero-order chi connectivity index (χ0) is 11.7. The van der Waals surface area contributed by atoms with Crippen LogP contribution < -0.4 is 11.3 Å². The monoisotopic (exact) mass is 290 g/mol. The minimum atomic E-state index is -0.560. The highest BCUT2D eigenvalue weighted by Gasteiger charge is 2.28. The molecule has 1 saturated carbocycles. The number of hydrazine groups is 1. The largest absolute Gasteiger partial charge is 0.271 e. The Kier molecular flexibility index (Phi) is 3.56. The maximum absolute atomic E-state index is 13.7. The van der Waals surface area contributed by atoms with Crippen LogP contribution in [0.5, 0.6) is 0 Å². The predicted octanol–water partition coefficient (Wildman–Crippen LogP) is 3.03. The Balaban J connectivity index is 2.28. The first kappa shape index (κ1) is 12.0. The molecule has 1 aromatic carbocycles. The molecule has 0 amide bonds. The van der Waals surface area contributed by atoms with E-state index in [0.717, 1.165) is 12.8 Å². The van der Waals surface area contributed by atoms with Crippen LogP contribution in [0.2, 0.25) is 0 Å². The molecule has 2 nitrogen and oxygen atoms in total. The van der Waals surface area contributed by atoms with E-state index < -0.39 is 17.7 Å². The van der Waals surface area contributed by atoms with Gasteiger partial charge in [0.25, 0.3) is 0 Å². The summed E-state index contributed by atoms with van der Waals surface area (Å²) >= 11 is 3.05. The zero-order valence-corrected chi connectivity index (χ0v) is 10.2. The van der Waals surface area contributed by atoms with Gasteiger partial charge in [-0.2, -0.15) is 0 Å². The standard InChI is InChI=1S/C11H13BrF2N2/c12-7-4-8(13)11(9(14)5-7)10(16-15)3-6-1-2-6/h4-6,10,16H,1-3,15H2. The van der Waals surface area contributed by atoms with Crippen molar-refractivity contribution in [1.29, 1.82) is 0 Å². The summed E-state index contributed by atoms with van der Waals surface area (Å²) in [5.74, 6) is 4.79. The van der Waals surface area contributed by atoms with Gasteiger partial charge in [0, 0.05) is 10.0 Å². The molecule has 0 spiro atoms. The van der Waals surface area contributed by atoms with E-state index in [4.69, 9.17) is 5.84 Å². The van der Waals surface area contributed by atoms with Crippen LogP contribution in [0.1, 0.15) is 30.9 Å². The van der Waals surface area contributed by atoms with Crippen LogP contribution in [0, 0.1) is 17.6 Å². The molecule has 0 aromatic heterocycles. The maximum Gasteiger partial charge on any atom is 0.132 e. The SMILES string of the molecule is NNC(CC1CC1)c1c(F)cc(Br)cc1F. The van der Waals surface area contributed by atoms with E-state index in [9.17, 15) is 8.78 Å². The topological polar surface area (TPSA) is 38.0 Å². The third kappa shape index (κ3) is 2.59. The van der Waals surface area contributed by atoms with Crippen molar-refractivity contribution in [3.63, 3.8) is 0 Å². The maximum atomic E-state index is 13.7. The van der Waals surface area contributed by atoms with Crippen molar-refractivity contribution in [2.45, 2.75) is 25.3 Å².